The van der Waals surface area contributed by atoms with Crippen LogP contribution in [-0.2, 0) is 9.59 Å². The molecular formula is C21H42Cl3N5O2. The van der Waals surface area contributed by atoms with E-state index in [-0.39, 0.29) is 67.5 Å². The highest BCUT2D eigenvalue weighted by Crippen LogP contribution is 2.31. The van der Waals surface area contributed by atoms with Gasteiger partial charge in [-0.15, -0.1) is 37.2 Å². The lowest BCUT2D eigenvalue weighted by atomic mass is 9.81. The van der Waals surface area contributed by atoms with E-state index in [9.17, 15) is 9.59 Å². The molecule has 31 heavy (non-hydrogen) atoms. The number of carbonyl (C=O) groups is 2. The summed E-state index contributed by atoms with van der Waals surface area (Å²) in [6.07, 6.45) is 4.94. The molecule has 3 fully saturated rings. The van der Waals surface area contributed by atoms with Crippen LogP contribution in [0.2, 0.25) is 0 Å². The highest BCUT2D eigenvalue weighted by molar-refractivity contribution is 5.90. The molecule has 3 saturated heterocycles. The van der Waals surface area contributed by atoms with E-state index in [1.807, 2.05) is 0 Å². The molecule has 0 aromatic heterocycles. The predicted molar refractivity (Wildman–Crippen MR) is 133 cm³/mol. The van der Waals surface area contributed by atoms with Crippen LogP contribution in [-0.4, -0.2) is 86.1 Å². The molecule has 3 rings (SSSR count). The lowest BCUT2D eigenvalue weighted by Crippen LogP contribution is -2.53. The first kappa shape index (κ1) is 30.7. The van der Waals surface area contributed by atoms with E-state index in [1.165, 1.54) is 0 Å². The second-order valence-electron chi connectivity index (χ2n) is 9.53. The van der Waals surface area contributed by atoms with Crippen LogP contribution in [0.5, 0.6) is 0 Å². The first-order valence-corrected chi connectivity index (χ1v) is 11.0. The molecule has 0 saturated carbocycles. The van der Waals surface area contributed by atoms with Gasteiger partial charge in [-0.05, 0) is 66.6 Å². The van der Waals surface area contributed by atoms with E-state index in [2.05, 4.69) is 53.7 Å². The van der Waals surface area contributed by atoms with Gasteiger partial charge in [0.05, 0.1) is 5.41 Å². The van der Waals surface area contributed by atoms with Crippen molar-refractivity contribution in [2.45, 2.75) is 76.5 Å². The third kappa shape index (κ3) is 7.90. The summed E-state index contributed by atoms with van der Waals surface area (Å²) in [6.45, 7) is 7.83. The summed E-state index contributed by atoms with van der Waals surface area (Å²) in [4.78, 5) is 30.7. The maximum atomic E-state index is 13.2. The van der Waals surface area contributed by atoms with Gasteiger partial charge in [0.2, 0.25) is 11.8 Å². The lowest BCUT2D eigenvalue weighted by molar-refractivity contribution is -0.136. The summed E-state index contributed by atoms with van der Waals surface area (Å²) >= 11 is 0. The largest absolute Gasteiger partial charge is 0.353 e. The van der Waals surface area contributed by atoms with E-state index in [0.717, 1.165) is 51.7 Å². The minimum absolute atomic E-state index is 0. The predicted octanol–water partition coefficient (Wildman–Crippen LogP) is 1.82. The summed E-state index contributed by atoms with van der Waals surface area (Å²) in [5.74, 6) is 0.0866. The molecule has 3 aliphatic rings. The van der Waals surface area contributed by atoms with Gasteiger partial charge in [-0.1, -0.05) is 0 Å². The molecule has 5 atom stereocenters. The summed E-state index contributed by atoms with van der Waals surface area (Å²) in [5, 5.41) is 9.81. The summed E-state index contributed by atoms with van der Waals surface area (Å²) in [5.41, 5.74) is -0.603. The lowest BCUT2D eigenvalue weighted by Gasteiger charge is -2.38. The first-order valence-electron chi connectivity index (χ1n) is 11.0. The third-order valence-electron chi connectivity index (χ3n) is 7.34. The highest BCUT2D eigenvalue weighted by atomic mass is 35.5. The van der Waals surface area contributed by atoms with Crippen LogP contribution >= 0.6 is 37.2 Å². The number of nitrogens with one attached hydrogen (secondary N) is 3. The minimum Gasteiger partial charge on any atom is -0.353 e. The molecule has 0 aromatic rings. The fourth-order valence-electron chi connectivity index (χ4n) is 4.93. The van der Waals surface area contributed by atoms with Gasteiger partial charge in [-0.2, -0.15) is 0 Å². The number of carbonyl (C=O) groups excluding carboxylic acids is 2. The number of amides is 2. The molecule has 0 spiro atoms. The zero-order chi connectivity index (χ0) is 20.3. The summed E-state index contributed by atoms with van der Waals surface area (Å²) < 4.78 is 0. The molecule has 3 aliphatic heterocycles. The van der Waals surface area contributed by atoms with Gasteiger partial charge in [0.15, 0.2) is 0 Å². The number of halogens is 3. The van der Waals surface area contributed by atoms with E-state index in [4.69, 9.17) is 0 Å². The van der Waals surface area contributed by atoms with Gasteiger partial charge in [0, 0.05) is 50.2 Å². The summed E-state index contributed by atoms with van der Waals surface area (Å²) in [7, 11) is 4.27. The second-order valence-corrected chi connectivity index (χ2v) is 9.53. The Labute approximate surface area is 206 Å². The van der Waals surface area contributed by atoms with Crippen molar-refractivity contribution in [2.24, 2.45) is 5.41 Å². The molecular weight excluding hydrogens is 461 g/mol. The number of hydrogen-bond acceptors (Lipinski definition) is 5. The smallest absolute Gasteiger partial charge is 0.228 e. The Morgan fingerprint density at radius 2 is 1.45 bits per heavy atom. The minimum atomic E-state index is -0.603. The third-order valence-corrected chi connectivity index (χ3v) is 7.34. The monoisotopic (exact) mass is 501 g/mol. The Kier molecular flexibility index (Phi) is 13.3. The van der Waals surface area contributed by atoms with E-state index >= 15 is 0 Å². The fourth-order valence-corrected chi connectivity index (χ4v) is 4.93. The van der Waals surface area contributed by atoms with Crippen molar-refractivity contribution in [3.05, 3.63) is 0 Å². The first-order chi connectivity index (χ1) is 13.3. The highest BCUT2D eigenvalue weighted by Gasteiger charge is 2.44. The molecule has 0 bridgehead atoms. The number of nitrogens with zero attached hydrogens (tertiary/aromatic N) is 2. The van der Waals surface area contributed by atoms with Gasteiger partial charge in [0.1, 0.15) is 0 Å². The Bertz CT molecular complexity index is 577. The van der Waals surface area contributed by atoms with Crippen LogP contribution in [0, 0.1) is 5.41 Å². The average Bonchev–Trinajstić information content (AvgIpc) is 3.11. The number of likely N-dealkylation sites (tertiary alicyclic amines) is 2. The van der Waals surface area contributed by atoms with Crippen molar-refractivity contribution < 1.29 is 9.59 Å². The van der Waals surface area contributed by atoms with Gasteiger partial charge < -0.3 is 25.8 Å². The molecule has 0 radical (unpaired) electrons. The summed E-state index contributed by atoms with van der Waals surface area (Å²) in [6, 6.07) is 1.40. The molecule has 2 amide bonds. The second kappa shape index (κ2) is 13.4. The SMILES string of the molecule is CC1CC(NC(=O)CC2(C(=O)NC3CCN(C)C(C)C3)CCNC2)CCN1C.Cl.Cl.Cl. The van der Waals surface area contributed by atoms with Crippen LogP contribution in [0.1, 0.15) is 52.4 Å². The topological polar surface area (TPSA) is 76.7 Å². The Morgan fingerprint density at radius 1 is 0.935 bits per heavy atom. The quantitative estimate of drug-likeness (QED) is 0.535. The Balaban J connectivity index is 0.00000300. The maximum absolute atomic E-state index is 13.2. The molecule has 3 N–H and O–H groups in total. The van der Waals surface area contributed by atoms with Crippen LogP contribution < -0.4 is 16.0 Å². The van der Waals surface area contributed by atoms with E-state index in [0.29, 0.717) is 18.6 Å². The van der Waals surface area contributed by atoms with Crippen molar-refractivity contribution in [3.8, 4) is 0 Å². The molecule has 5 unspecified atom stereocenters. The number of rotatable bonds is 5. The zero-order valence-electron chi connectivity index (χ0n) is 19.3. The zero-order valence-corrected chi connectivity index (χ0v) is 21.8. The van der Waals surface area contributed by atoms with Crippen molar-refractivity contribution in [1.29, 1.82) is 0 Å². The number of hydrogen-bond donors (Lipinski definition) is 3. The van der Waals surface area contributed by atoms with Crippen molar-refractivity contribution >= 4 is 49.0 Å². The van der Waals surface area contributed by atoms with E-state index in [1.54, 1.807) is 0 Å². The Hall–Kier alpha value is -0.310. The Morgan fingerprint density at radius 3 is 1.90 bits per heavy atom. The van der Waals surface area contributed by atoms with Crippen LogP contribution in [0.25, 0.3) is 0 Å². The van der Waals surface area contributed by atoms with Crippen molar-refractivity contribution in [1.82, 2.24) is 25.8 Å². The van der Waals surface area contributed by atoms with Crippen molar-refractivity contribution in [3.63, 3.8) is 0 Å². The van der Waals surface area contributed by atoms with Crippen LogP contribution in [0.3, 0.4) is 0 Å². The number of piperidine rings is 2. The standard InChI is InChI=1S/C21H39N5O2.3ClH/c1-15-11-17(5-9-25(15)3)23-19(27)13-21(7-8-22-14-21)20(28)24-18-6-10-26(4)16(2)12-18;;;/h15-18,22H,5-14H2,1-4H3,(H,23,27)(H,24,28);3*1H. The maximum Gasteiger partial charge on any atom is 0.228 e. The average molecular weight is 503 g/mol. The van der Waals surface area contributed by atoms with Crippen molar-refractivity contribution in [2.75, 3.05) is 40.3 Å². The van der Waals surface area contributed by atoms with Crippen LogP contribution in [0.15, 0.2) is 0 Å². The molecule has 10 heteroatoms. The molecule has 184 valence electrons. The van der Waals surface area contributed by atoms with E-state index < -0.39 is 5.41 Å². The molecule has 0 aliphatic carbocycles. The fraction of sp³-hybridized carbons (Fsp3) is 0.905. The van der Waals surface area contributed by atoms with Gasteiger partial charge >= 0.3 is 0 Å². The normalized spacial score (nSPS) is 33.9. The molecule has 7 nitrogen and oxygen atoms in total. The van der Waals surface area contributed by atoms with Gasteiger partial charge in [-0.3, -0.25) is 9.59 Å². The van der Waals surface area contributed by atoms with Gasteiger partial charge in [0.25, 0.3) is 0 Å². The van der Waals surface area contributed by atoms with Gasteiger partial charge in [-0.25, -0.2) is 0 Å². The molecule has 3 heterocycles. The molecule has 0 aromatic carbocycles. The van der Waals surface area contributed by atoms with Crippen LogP contribution in [0.4, 0.5) is 0 Å².